The fourth-order valence-electron chi connectivity index (χ4n) is 1.16. The Labute approximate surface area is 71.9 Å². The maximum Gasteiger partial charge on any atom is -0.00367 e. The van der Waals surface area contributed by atoms with E-state index in [1.54, 1.807) is 0 Å². The summed E-state index contributed by atoms with van der Waals surface area (Å²) >= 11 is 0. The van der Waals surface area contributed by atoms with Crippen LogP contribution in [0.25, 0.3) is 12.2 Å². The normalized spacial score (nSPS) is 12.3. The molecule has 0 amide bonds. The summed E-state index contributed by atoms with van der Waals surface area (Å²) in [5.74, 6) is 0. The first-order chi connectivity index (χ1) is 5.97. The molecule has 1 aliphatic rings. The van der Waals surface area contributed by atoms with Crippen LogP contribution in [0.1, 0.15) is 11.1 Å². The monoisotopic (exact) mass is 152 g/mol. The van der Waals surface area contributed by atoms with Crippen LogP contribution in [0.2, 0.25) is 0 Å². The van der Waals surface area contributed by atoms with Crippen molar-refractivity contribution in [1.29, 1.82) is 0 Å². The van der Waals surface area contributed by atoms with Crippen LogP contribution in [0, 0.1) is 0 Å². The number of fused-ring (bicyclic) bond motifs is 1. The average molecular weight is 152 g/mol. The van der Waals surface area contributed by atoms with Gasteiger partial charge in [-0.1, -0.05) is 47.9 Å². The molecule has 0 nitrogen and oxygen atoms in total. The molecule has 0 fully saturated rings. The van der Waals surface area contributed by atoms with E-state index in [9.17, 15) is 0 Å². The van der Waals surface area contributed by atoms with E-state index in [-0.39, 0.29) is 0 Å². The first-order valence-electron chi connectivity index (χ1n) is 3.90. The van der Waals surface area contributed by atoms with E-state index in [0.717, 1.165) is 0 Å². The van der Waals surface area contributed by atoms with Gasteiger partial charge in [0.05, 0.1) is 0 Å². The van der Waals surface area contributed by atoms with Gasteiger partial charge in [0.1, 0.15) is 0 Å². The molecule has 2 rings (SSSR count). The van der Waals surface area contributed by atoms with Gasteiger partial charge in [-0.25, -0.2) is 0 Å². The van der Waals surface area contributed by atoms with Gasteiger partial charge in [0, 0.05) is 0 Å². The third kappa shape index (κ3) is 1.31. The molecule has 0 N–H and O–H groups in total. The highest BCUT2D eigenvalue weighted by Gasteiger charge is 1.92. The molecular formula is C12H8. The van der Waals surface area contributed by atoms with Crippen molar-refractivity contribution in [3.05, 3.63) is 59.0 Å². The second-order valence-electron chi connectivity index (χ2n) is 2.59. The van der Waals surface area contributed by atoms with Crippen LogP contribution in [-0.4, -0.2) is 0 Å². The molecule has 0 spiro atoms. The van der Waals surface area contributed by atoms with E-state index in [2.05, 4.69) is 29.7 Å². The highest BCUT2D eigenvalue weighted by molar-refractivity contribution is 5.66. The molecule has 1 aromatic rings. The second-order valence-corrected chi connectivity index (χ2v) is 2.59. The molecule has 0 aromatic heterocycles. The Kier molecular flexibility index (Phi) is 1.80. The lowest BCUT2D eigenvalue weighted by atomic mass is 10.1. The van der Waals surface area contributed by atoms with Gasteiger partial charge in [-0.05, 0) is 23.3 Å². The van der Waals surface area contributed by atoms with Crippen molar-refractivity contribution in [2.24, 2.45) is 0 Å². The van der Waals surface area contributed by atoms with E-state index in [0.29, 0.717) is 0 Å². The second kappa shape index (κ2) is 3.11. The van der Waals surface area contributed by atoms with E-state index >= 15 is 0 Å². The van der Waals surface area contributed by atoms with Crippen molar-refractivity contribution in [3.8, 4) is 0 Å². The minimum absolute atomic E-state index is 1.19. The molecule has 0 saturated heterocycles. The van der Waals surface area contributed by atoms with E-state index in [1.165, 1.54) is 11.1 Å². The quantitative estimate of drug-likeness (QED) is 0.501. The third-order valence-corrected chi connectivity index (χ3v) is 1.76. The standard InChI is InChI=1S/C12H8/c1-2-4-8-12-10-6-5-9-11(12)7-3-1/h1,3,5-10H. The fourth-order valence-corrected chi connectivity index (χ4v) is 1.16. The third-order valence-electron chi connectivity index (χ3n) is 1.76. The molecule has 0 radical (unpaired) electrons. The molecular weight excluding hydrogens is 144 g/mol. The van der Waals surface area contributed by atoms with Crippen molar-refractivity contribution < 1.29 is 0 Å². The first-order valence-corrected chi connectivity index (χ1v) is 3.90. The maximum atomic E-state index is 2.96. The molecule has 0 saturated carbocycles. The van der Waals surface area contributed by atoms with Crippen molar-refractivity contribution in [2.75, 3.05) is 0 Å². The molecule has 0 heteroatoms. The van der Waals surface area contributed by atoms with Crippen LogP contribution in [0.5, 0.6) is 0 Å². The van der Waals surface area contributed by atoms with E-state index in [4.69, 9.17) is 0 Å². The SMILES string of the molecule is C1=C=Cc2ccccc2C=CC=1. The molecule has 0 atom stereocenters. The summed E-state index contributed by atoms with van der Waals surface area (Å²) in [6.07, 6.45) is 7.83. The Hall–Kier alpha value is -1.74. The summed E-state index contributed by atoms with van der Waals surface area (Å²) in [6, 6.07) is 8.21. The highest BCUT2D eigenvalue weighted by atomic mass is 14.0. The summed E-state index contributed by atoms with van der Waals surface area (Å²) < 4.78 is 0. The predicted molar refractivity (Wildman–Crippen MR) is 51.5 cm³/mol. The molecule has 12 heavy (non-hydrogen) atoms. The summed E-state index contributed by atoms with van der Waals surface area (Å²) in [6.45, 7) is 0. The number of allylic oxidation sites excluding steroid dienone is 2. The van der Waals surface area contributed by atoms with Gasteiger partial charge < -0.3 is 0 Å². The largest absolute Gasteiger partial charge is 0.0702 e. The molecule has 0 unspecified atom stereocenters. The van der Waals surface area contributed by atoms with Crippen LogP contribution < -0.4 is 0 Å². The molecule has 56 valence electrons. The summed E-state index contributed by atoms with van der Waals surface area (Å²) in [5, 5.41) is 0. The fraction of sp³-hybridized carbons (Fsp3) is 0. The minimum Gasteiger partial charge on any atom is -0.0702 e. The zero-order chi connectivity index (χ0) is 8.23. The van der Waals surface area contributed by atoms with E-state index < -0.39 is 0 Å². The smallest absolute Gasteiger partial charge is 0.00367 e. The van der Waals surface area contributed by atoms with Crippen molar-refractivity contribution in [3.63, 3.8) is 0 Å². The van der Waals surface area contributed by atoms with Crippen molar-refractivity contribution in [1.82, 2.24) is 0 Å². The molecule has 0 heterocycles. The Bertz CT molecular complexity index is 409. The van der Waals surface area contributed by atoms with Gasteiger partial charge in [0.15, 0.2) is 0 Å². The Morgan fingerprint density at radius 3 is 2.67 bits per heavy atom. The lowest BCUT2D eigenvalue weighted by Crippen LogP contribution is -1.78. The molecule has 1 aromatic carbocycles. The topological polar surface area (TPSA) is 0 Å². The van der Waals surface area contributed by atoms with Crippen LogP contribution in [-0.2, 0) is 0 Å². The van der Waals surface area contributed by atoms with Crippen molar-refractivity contribution in [2.45, 2.75) is 0 Å². The van der Waals surface area contributed by atoms with Gasteiger partial charge in [-0.2, -0.15) is 0 Å². The van der Waals surface area contributed by atoms with Crippen molar-refractivity contribution >= 4 is 12.2 Å². The average Bonchev–Trinajstić information content (AvgIpc) is 2.06. The number of hydrogen-bond donors (Lipinski definition) is 0. The predicted octanol–water partition coefficient (Wildman–Crippen LogP) is 3.04. The number of hydrogen-bond acceptors (Lipinski definition) is 0. The van der Waals surface area contributed by atoms with E-state index in [1.807, 2.05) is 30.4 Å². The zero-order valence-corrected chi connectivity index (χ0v) is 6.62. The Morgan fingerprint density at radius 1 is 0.917 bits per heavy atom. The Balaban J connectivity index is 2.68. The molecule has 0 bridgehead atoms. The summed E-state index contributed by atoms with van der Waals surface area (Å²) in [7, 11) is 0. The Morgan fingerprint density at radius 2 is 1.75 bits per heavy atom. The minimum atomic E-state index is 1.19. The van der Waals surface area contributed by atoms with Crippen LogP contribution in [0.4, 0.5) is 0 Å². The first kappa shape index (κ1) is 6.94. The highest BCUT2D eigenvalue weighted by Crippen LogP contribution is 2.12. The number of rotatable bonds is 0. The number of benzene rings is 1. The summed E-state index contributed by atoms with van der Waals surface area (Å²) in [4.78, 5) is 0. The van der Waals surface area contributed by atoms with Crippen LogP contribution >= 0.6 is 0 Å². The lowest BCUT2D eigenvalue weighted by molar-refractivity contribution is 1.61. The van der Waals surface area contributed by atoms with Gasteiger partial charge in [0.25, 0.3) is 0 Å². The summed E-state index contributed by atoms with van der Waals surface area (Å²) in [5.41, 5.74) is 8.29. The zero-order valence-electron chi connectivity index (χ0n) is 6.62. The van der Waals surface area contributed by atoms with Crippen LogP contribution in [0.15, 0.2) is 47.9 Å². The lowest BCUT2D eigenvalue weighted by Gasteiger charge is -1.98. The van der Waals surface area contributed by atoms with Gasteiger partial charge in [-0.15, -0.1) is 0 Å². The van der Waals surface area contributed by atoms with Gasteiger partial charge in [-0.3, -0.25) is 0 Å². The molecule has 1 aliphatic carbocycles. The van der Waals surface area contributed by atoms with Crippen LogP contribution in [0.3, 0.4) is 0 Å². The van der Waals surface area contributed by atoms with Gasteiger partial charge >= 0.3 is 0 Å². The van der Waals surface area contributed by atoms with Gasteiger partial charge in [0.2, 0.25) is 0 Å². The maximum absolute atomic E-state index is 2.96. The molecule has 0 aliphatic heterocycles.